The maximum atomic E-state index is 13.5. The number of likely N-dealkylation sites (tertiary alicyclic amines) is 1. The Balaban J connectivity index is 1.69. The topological polar surface area (TPSA) is 51.0 Å². The molecule has 0 spiro atoms. The van der Waals surface area contributed by atoms with Gasteiger partial charge >= 0.3 is 0 Å². The number of piperidine rings is 1. The van der Waals surface area contributed by atoms with E-state index >= 15 is 0 Å². The molecular weight excluding hydrogens is 348 g/mol. The molecule has 3 heterocycles. The Hall–Kier alpha value is -2.69. The van der Waals surface area contributed by atoms with Crippen LogP contribution < -0.4 is 0 Å². The summed E-state index contributed by atoms with van der Waals surface area (Å²) in [5, 5.41) is 0.963. The maximum absolute atomic E-state index is 13.5. The highest BCUT2D eigenvalue weighted by molar-refractivity contribution is 6.07. The Kier molecular flexibility index (Phi) is 4.92. The van der Waals surface area contributed by atoms with E-state index in [1.807, 2.05) is 30.3 Å². The third-order valence-electron chi connectivity index (χ3n) is 5.77. The number of carbonyl (C=O) groups excluding carboxylic acids is 1. The maximum Gasteiger partial charge on any atom is 0.254 e. The van der Waals surface area contributed by atoms with E-state index < -0.39 is 0 Å². The minimum Gasteiger partial charge on any atom is -0.338 e. The van der Waals surface area contributed by atoms with Crippen molar-refractivity contribution in [2.75, 3.05) is 13.1 Å². The first-order chi connectivity index (χ1) is 13.5. The molecule has 1 aliphatic heterocycles. The van der Waals surface area contributed by atoms with Gasteiger partial charge in [-0.05, 0) is 58.2 Å². The minimum atomic E-state index is 0.111. The molecule has 4 rings (SSSR count). The van der Waals surface area contributed by atoms with Gasteiger partial charge in [-0.1, -0.05) is 11.6 Å². The number of imidazole rings is 1. The third-order valence-corrected chi connectivity index (χ3v) is 5.77. The zero-order valence-corrected chi connectivity index (χ0v) is 17.2. The smallest absolute Gasteiger partial charge is 0.254 e. The molecule has 2 aromatic heterocycles. The summed E-state index contributed by atoms with van der Waals surface area (Å²) < 4.78 is 2.19. The van der Waals surface area contributed by atoms with Gasteiger partial charge in [0.25, 0.3) is 5.91 Å². The number of nitrogens with zero attached hydrogens (tertiary/aromatic N) is 4. The Morgan fingerprint density at radius 1 is 1.21 bits per heavy atom. The predicted molar refractivity (Wildman–Crippen MR) is 112 cm³/mol. The molecule has 0 N–H and O–H groups in total. The number of aryl methyl sites for hydroxylation is 4. The molecule has 1 atom stereocenters. The molecule has 146 valence electrons. The highest BCUT2D eigenvalue weighted by atomic mass is 16.2. The van der Waals surface area contributed by atoms with Gasteiger partial charge in [-0.2, -0.15) is 0 Å². The number of aromatic nitrogens is 3. The van der Waals surface area contributed by atoms with Crippen molar-refractivity contribution in [3.8, 4) is 0 Å². The van der Waals surface area contributed by atoms with E-state index in [0.29, 0.717) is 5.92 Å². The summed E-state index contributed by atoms with van der Waals surface area (Å²) in [7, 11) is 0. The summed E-state index contributed by atoms with van der Waals surface area (Å²) in [5.41, 5.74) is 4.87. The van der Waals surface area contributed by atoms with E-state index in [1.165, 1.54) is 0 Å². The first-order valence-corrected chi connectivity index (χ1v) is 10.2. The van der Waals surface area contributed by atoms with Crippen LogP contribution >= 0.6 is 0 Å². The monoisotopic (exact) mass is 376 g/mol. The van der Waals surface area contributed by atoms with Crippen molar-refractivity contribution in [1.29, 1.82) is 0 Å². The van der Waals surface area contributed by atoms with Crippen molar-refractivity contribution in [3.63, 3.8) is 0 Å². The Labute approximate surface area is 166 Å². The zero-order chi connectivity index (χ0) is 19.8. The van der Waals surface area contributed by atoms with Gasteiger partial charge in [0.05, 0.1) is 11.1 Å². The second kappa shape index (κ2) is 7.38. The van der Waals surface area contributed by atoms with E-state index in [1.54, 1.807) is 0 Å². The van der Waals surface area contributed by atoms with Crippen molar-refractivity contribution in [2.45, 2.75) is 53.0 Å². The van der Waals surface area contributed by atoms with E-state index in [9.17, 15) is 4.79 Å². The summed E-state index contributed by atoms with van der Waals surface area (Å²) in [6.07, 6.45) is 5.98. The largest absolute Gasteiger partial charge is 0.338 e. The fraction of sp³-hybridized carbons (Fsp3) is 0.435. The lowest BCUT2D eigenvalue weighted by Crippen LogP contribution is -2.40. The van der Waals surface area contributed by atoms with Gasteiger partial charge in [0, 0.05) is 49.0 Å². The molecule has 1 aliphatic rings. The van der Waals surface area contributed by atoms with Crippen molar-refractivity contribution in [3.05, 3.63) is 58.8 Å². The second-order valence-electron chi connectivity index (χ2n) is 7.95. The summed E-state index contributed by atoms with van der Waals surface area (Å²) in [4.78, 5) is 24.8. The van der Waals surface area contributed by atoms with Crippen LogP contribution in [0.5, 0.6) is 0 Å². The number of amides is 1. The lowest BCUT2D eigenvalue weighted by molar-refractivity contribution is 0.0705. The van der Waals surface area contributed by atoms with Gasteiger partial charge in [0.1, 0.15) is 5.82 Å². The number of hydrogen-bond acceptors (Lipinski definition) is 3. The molecule has 0 unspecified atom stereocenters. The molecule has 0 radical (unpaired) electrons. The van der Waals surface area contributed by atoms with Gasteiger partial charge in [-0.15, -0.1) is 0 Å². The fourth-order valence-corrected chi connectivity index (χ4v) is 4.48. The van der Waals surface area contributed by atoms with Crippen LogP contribution in [0.25, 0.3) is 10.9 Å². The Bertz CT molecular complexity index is 1040. The first-order valence-electron chi connectivity index (χ1n) is 10.2. The number of hydrogen-bond donors (Lipinski definition) is 0. The molecule has 3 aromatic rings. The minimum absolute atomic E-state index is 0.111. The van der Waals surface area contributed by atoms with Crippen molar-refractivity contribution < 1.29 is 4.79 Å². The van der Waals surface area contributed by atoms with Crippen LogP contribution in [0.3, 0.4) is 0 Å². The normalized spacial score (nSPS) is 17.3. The van der Waals surface area contributed by atoms with Gasteiger partial charge in [0.2, 0.25) is 0 Å². The SMILES string of the molecule is CCn1ccnc1[C@@H]1CCCN(C(=O)c2cc(C)nc3c(C)cc(C)cc23)C1. The molecule has 0 bridgehead atoms. The van der Waals surface area contributed by atoms with Crippen molar-refractivity contribution in [1.82, 2.24) is 19.4 Å². The summed E-state index contributed by atoms with van der Waals surface area (Å²) in [5.74, 6) is 1.51. The van der Waals surface area contributed by atoms with Crippen LogP contribution in [0.2, 0.25) is 0 Å². The molecule has 1 saturated heterocycles. The Morgan fingerprint density at radius 3 is 2.82 bits per heavy atom. The summed E-state index contributed by atoms with van der Waals surface area (Å²) >= 11 is 0. The fourth-order valence-electron chi connectivity index (χ4n) is 4.48. The molecule has 0 saturated carbocycles. The van der Waals surface area contributed by atoms with Crippen LogP contribution in [0.1, 0.15) is 58.7 Å². The molecular formula is C23H28N4O. The number of fused-ring (bicyclic) bond motifs is 1. The first kappa shape index (κ1) is 18.7. The zero-order valence-electron chi connectivity index (χ0n) is 17.2. The number of pyridine rings is 1. The molecule has 5 nitrogen and oxygen atoms in total. The van der Waals surface area contributed by atoms with Crippen LogP contribution in [0, 0.1) is 20.8 Å². The van der Waals surface area contributed by atoms with Crippen molar-refractivity contribution in [2.24, 2.45) is 0 Å². The number of benzene rings is 1. The average Bonchev–Trinajstić information content (AvgIpc) is 3.16. The lowest BCUT2D eigenvalue weighted by atomic mass is 9.95. The van der Waals surface area contributed by atoms with Gasteiger partial charge in [-0.3, -0.25) is 9.78 Å². The Morgan fingerprint density at radius 2 is 2.04 bits per heavy atom. The van der Waals surface area contributed by atoms with Crippen LogP contribution in [-0.4, -0.2) is 38.4 Å². The molecule has 5 heteroatoms. The van der Waals surface area contributed by atoms with Gasteiger partial charge in [0.15, 0.2) is 0 Å². The van der Waals surface area contributed by atoms with Gasteiger partial charge in [-0.25, -0.2) is 4.98 Å². The second-order valence-corrected chi connectivity index (χ2v) is 7.95. The predicted octanol–water partition coefficient (Wildman–Crippen LogP) is 4.40. The number of carbonyl (C=O) groups is 1. The van der Waals surface area contributed by atoms with E-state index in [0.717, 1.165) is 71.6 Å². The van der Waals surface area contributed by atoms with E-state index in [2.05, 4.69) is 42.5 Å². The summed E-state index contributed by atoms with van der Waals surface area (Å²) in [6.45, 7) is 10.7. The quantitative estimate of drug-likeness (QED) is 0.681. The standard InChI is InChI=1S/C23H28N4O/c1-5-26-10-8-24-22(26)18-7-6-9-27(14-18)23(28)20-13-17(4)25-21-16(3)11-15(2)12-19(20)21/h8,10-13,18H,5-7,9,14H2,1-4H3/t18-/m1/s1. The molecule has 1 aromatic carbocycles. The molecule has 0 aliphatic carbocycles. The number of rotatable bonds is 3. The molecule has 1 fully saturated rings. The molecule has 28 heavy (non-hydrogen) atoms. The van der Waals surface area contributed by atoms with Crippen LogP contribution in [0.4, 0.5) is 0 Å². The highest BCUT2D eigenvalue weighted by Gasteiger charge is 2.29. The van der Waals surface area contributed by atoms with Crippen LogP contribution in [-0.2, 0) is 6.54 Å². The van der Waals surface area contributed by atoms with Crippen LogP contribution in [0.15, 0.2) is 30.6 Å². The average molecular weight is 377 g/mol. The summed E-state index contributed by atoms with van der Waals surface area (Å²) in [6, 6.07) is 6.16. The lowest BCUT2D eigenvalue weighted by Gasteiger charge is -2.33. The van der Waals surface area contributed by atoms with E-state index in [4.69, 9.17) is 4.98 Å². The van der Waals surface area contributed by atoms with E-state index in [-0.39, 0.29) is 5.91 Å². The van der Waals surface area contributed by atoms with Crippen molar-refractivity contribution >= 4 is 16.8 Å². The highest BCUT2D eigenvalue weighted by Crippen LogP contribution is 2.29. The molecule has 1 amide bonds. The third kappa shape index (κ3) is 3.30. The van der Waals surface area contributed by atoms with Gasteiger partial charge < -0.3 is 9.47 Å².